The lowest BCUT2D eigenvalue weighted by atomic mass is 9.96. The van der Waals surface area contributed by atoms with Crippen molar-refractivity contribution in [3.63, 3.8) is 0 Å². The van der Waals surface area contributed by atoms with E-state index in [1.165, 1.54) is 4.57 Å². The summed E-state index contributed by atoms with van der Waals surface area (Å²) in [6.07, 6.45) is 6.33. The fourth-order valence-corrected chi connectivity index (χ4v) is 3.56. The molecule has 1 aromatic carbocycles. The van der Waals surface area contributed by atoms with Gasteiger partial charge < -0.3 is 0 Å². The van der Waals surface area contributed by atoms with Crippen LogP contribution >= 0.6 is 0 Å². The SMILES string of the molecule is CCc1c(C(=O)c2cc(C)ccc2C)n(CC2CC=CC2)c(=O)[nH]c1=O. The Kier molecular flexibility index (Phi) is 5.07. The van der Waals surface area contributed by atoms with Crippen LogP contribution in [0.4, 0.5) is 0 Å². The second-order valence-electron chi connectivity index (χ2n) is 7.01. The molecule has 5 heteroatoms. The standard InChI is InChI=1S/C21H24N2O3/c1-4-16-18(19(24)17-11-13(2)9-10-14(17)3)23(21(26)22-20(16)25)12-15-7-5-6-8-15/h5-6,9-11,15H,4,7-8,12H2,1-3H3,(H,22,25,26). The molecule has 0 saturated carbocycles. The number of nitrogens with zero attached hydrogens (tertiary/aromatic N) is 1. The van der Waals surface area contributed by atoms with Crippen molar-refractivity contribution in [3.05, 3.63) is 79.1 Å². The molecule has 1 aromatic heterocycles. The van der Waals surface area contributed by atoms with Crippen molar-refractivity contribution in [1.29, 1.82) is 0 Å². The summed E-state index contributed by atoms with van der Waals surface area (Å²) in [4.78, 5) is 40.6. The molecule has 1 N–H and O–H groups in total. The normalized spacial score (nSPS) is 14.1. The van der Waals surface area contributed by atoms with Crippen LogP contribution in [0.15, 0.2) is 39.9 Å². The maximum absolute atomic E-state index is 13.4. The summed E-state index contributed by atoms with van der Waals surface area (Å²) in [5, 5.41) is 0. The molecule has 0 amide bonds. The van der Waals surface area contributed by atoms with E-state index < -0.39 is 11.2 Å². The molecule has 0 atom stereocenters. The largest absolute Gasteiger partial charge is 0.328 e. The van der Waals surface area contributed by atoms with Gasteiger partial charge >= 0.3 is 5.69 Å². The Morgan fingerprint density at radius 1 is 1.19 bits per heavy atom. The smallest absolute Gasteiger partial charge is 0.290 e. The number of aromatic nitrogens is 2. The van der Waals surface area contributed by atoms with E-state index in [-0.39, 0.29) is 17.4 Å². The molecule has 0 bridgehead atoms. The molecule has 0 fully saturated rings. The number of hydrogen-bond acceptors (Lipinski definition) is 3. The average molecular weight is 352 g/mol. The molecule has 0 saturated heterocycles. The molecule has 1 aliphatic carbocycles. The molecule has 0 spiro atoms. The molecule has 136 valence electrons. The van der Waals surface area contributed by atoms with Gasteiger partial charge in [0.15, 0.2) is 0 Å². The second kappa shape index (κ2) is 7.28. The van der Waals surface area contributed by atoms with Gasteiger partial charge in [0.1, 0.15) is 5.69 Å². The molecular weight excluding hydrogens is 328 g/mol. The first-order valence-corrected chi connectivity index (χ1v) is 9.05. The third-order valence-electron chi connectivity index (χ3n) is 5.05. The van der Waals surface area contributed by atoms with Crippen molar-refractivity contribution in [2.45, 2.75) is 46.6 Å². The van der Waals surface area contributed by atoms with E-state index in [0.29, 0.717) is 24.1 Å². The summed E-state index contributed by atoms with van der Waals surface area (Å²) in [5.74, 6) is 0.0191. The van der Waals surface area contributed by atoms with Crippen LogP contribution in [-0.4, -0.2) is 15.3 Å². The molecule has 26 heavy (non-hydrogen) atoms. The number of aryl methyl sites for hydroxylation is 2. The Labute approximate surface area is 152 Å². The first kappa shape index (κ1) is 18.1. The topological polar surface area (TPSA) is 71.9 Å². The van der Waals surface area contributed by atoms with Crippen LogP contribution in [-0.2, 0) is 13.0 Å². The van der Waals surface area contributed by atoms with Crippen molar-refractivity contribution in [2.75, 3.05) is 0 Å². The summed E-state index contributed by atoms with van der Waals surface area (Å²) >= 11 is 0. The maximum Gasteiger partial charge on any atom is 0.328 e. The molecular formula is C21H24N2O3. The third kappa shape index (κ3) is 3.34. The van der Waals surface area contributed by atoms with Gasteiger partial charge in [-0.25, -0.2) is 4.79 Å². The molecule has 1 aliphatic rings. The van der Waals surface area contributed by atoms with Crippen LogP contribution in [0.3, 0.4) is 0 Å². The summed E-state index contributed by atoms with van der Waals surface area (Å²) in [5.41, 5.74) is 1.99. The van der Waals surface area contributed by atoms with Gasteiger partial charge in [-0.2, -0.15) is 0 Å². The van der Waals surface area contributed by atoms with Gasteiger partial charge in [0.2, 0.25) is 5.78 Å². The van der Waals surface area contributed by atoms with Crippen molar-refractivity contribution in [3.8, 4) is 0 Å². The third-order valence-corrected chi connectivity index (χ3v) is 5.05. The lowest BCUT2D eigenvalue weighted by Gasteiger charge is -2.18. The Bertz CT molecular complexity index is 987. The highest BCUT2D eigenvalue weighted by Crippen LogP contribution is 2.22. The number of hydrogen-bond donors (Lipinski definition) is 1. The summed E-state index contributed by atoms with van der Waals surface area (Å²) in [6, 6.07) is 5.66. The van der Waals surface area contributed by atoms with Crippen LogP contribution in [0, 0.1) is 19.8 Å². The van der Waals surface area contributed by atoms with Crippen molar-refractivity contribution in [1.82, 2.24) is 9.55 Å². The summed E-state index contributed by atoms with van der Waals surface area (Å²) < 4.78 is 1.47. The molecule has 0 radical (unpaired) electrons. The van der Waals surface area contributed by atoms with Crippen LogP contribution in [0.5, 0.6) is 0 Å². The Hall–Kier alpha value is -2.69. The van der Waals surface area contributed by atoms with Gasteiger partial charge in [0.05, 0.1) is 0 Å². The second-order valence-corrected chi connectivity index (χ2v) is 7.01. The molecule has 1 heterocycles. The van der Waals surface area contributed by atoms with E-state index in [9.17, 15) is 14.4 Å². The summed E-state index contributed by atoms with van der Waals surface area (Å²) in [7, 11) is 0. The van der Waals surface area contributed by atoms with Crippen molar-refractivity contribution < 1.29 is 4.79 Å². The number of rotatable bonds is 5. The zero-order chi connectivity index (χ0) is 18.8. The molecule has 3 rings (SSSR count). The number of carbonyl (C=O) groups is 1. The monoisotopic (exact) mass is 352 g/mol. The van der Waals surface area contributed by atoms with E-state index in [1.807, 2.05) is 39.0 Å². The van der Waals surface area contributed by atoms with Crippen LogP contribution in [0.2, 0.25) is 0 Å². The van der Waals surface area contributed by atoms with Gasteiger partial charge in [-0.1, -0.05) is 36.8 Å². The predicted octanol–water partition coefficient (Wildman–Crippen LogP) is 2.91. The van der Waals surface area contributed by atoms with Crippen LogP contribution in [0.1, 0.15) is 52.5 Å². The van der Waals surface area contributed by atoms with Crippen molar-refractivity contribution in [2.24, 2.45) is 5.92 Å². The van der Waals surface area contributed by atoms with Gasteiger partial charge in [-0.15, -0.1) is 0 Å². The lowest BCUT2D eigenvalue weighted by molar-refractivity contribution is 0.102. The van der Waals surface area contributed by atoms with Gasteiger partial charge in [0.25, 0.3) is 5.56 Å². The van der Waals surface area contributed by atoms with E-state index in [2.05, 4.69) is 17.1 Å². The molecule has 0 unspecified atom stereocenters. The minimum Gasteiger partial charge on any atom is -0.290 e. The fraction of sp³-hybridized carbons (Fsp3) is 0.381. The highest BCUT2D eigenvalue weighted by molar-refractivity contribution is 6.09. The van der Waals surface area contributed by atoms with Crippen molar-refractivity contribution >= 4 is 5.78 Å². The number of ketones is 1. The number of nitrogens with one attached hydrogen (secondary N) is 1. The van der Waals surface area contributed by atoms with Crippen LogP contribution < -0.4 is 11.2 Å². The van der Waals surface area contributed by atoms with Gasteiger partial charge in [-0.05, 0) is 50.7 Å². The molecule has 0 aliphatic heterocycles. The van der Waals surface area contributed by atoms with Gasteiger partial charge in [-0.3, -0.25) is 19.1 Å². The van der Waals surface area contributed by atoms with E-state index >= 15 is 0 Å². The zero-order valence-electron chi connectivity index (χ0n) is 15.5. The average Bonchev–Trinajstić information content (AvgIpc) is 3.11. The number of allylic oxidation sites excluding steroid dienone is 2. The molecule has 2 aromatic rings. The Morgan fingerprint density at radius 3 is 2.54 bits per heavy atom. The van der Waals surface area contributed by atoms with E-state index in [0.717, 1.165) is 24.0 Å². The number of carbonyl (C=O) groups excluding carboxylic acids is 1. The number of H-pyrrole nitrogens is 1. The summed E-state index contributed by atoms with van der Waals surface area (Å²) in [6.45, 7) is 6.05. The number of benzene rings is 1. The predicted molar refractivity (Wildman–Crippen MR) is 102 cm³/mol. The highest BCUT2D eigenvalue weighted by atomic mass is 16.2. The maximum atomic E-state index is 13.4. The van der Waals surface area contributed by atoms with Crippen LogP contribution in [0.25, 0.3) is 0 Å². The quantitative estimate of drug-likeness (QED) is 0.664. The highest BCUT2D eigenvalue weighted by Gasteiger charge is 2.24. The van der Waals surface area contributed by atoms with Gasteiger partial charge in [0, 0.05) is 17.7 Å². The van der Waals surface area contributed by atoms with E-state index in [4.69, 9.17) is 0 Å². The van der Waals surface area contributed by atoms with E-state index in [1.54, 1.807) is 0 Å². The Morgan fingerprint density at radius 2 is 1.88 bits per heavy atom. The Balaban J connectivity index is 2.20. The zero-order valence-corrected chi connectivity index (χ0v) is 15.5. The lowest BCUT2D eigenvalue weighted by Crippen LogP contribution is -2.38. The first-order chi connectivity index (χ1) is 12.4. The first-order valence-electron chi connectivity index (χ1n) is 9.05. The molecule has 5 nitrogen and oxygen atoms in total. The number of aromatic amines is 1. The fourth-order valence-electron chi connectivity index (χ4n) is 3.56. The minimum atomic E-state index is -0.507. The minimum absolute atomic E-state index is 0.238.